The van der Waals surface area contributed by atoms with Gasteiger partial charge in [0, 0.05) is 43.0 Å². The number of piperidine rings is 1. The molecule has 2 amide bonds. The molecule has 1 aliphatic carbocycles. The number of rotatable bonds is 4. The number of likely N-dealkylation sites (tertiary alicyclic amines) is 1. The number of fused-ring (bicyclic) bond motifs is 1. The minimum absolute atomic E-state index is 0.0854. The van der Waals surface area contributed by atoms with Crippen LogP contribution >= 0.6 is 0 Å². The van der Waals surface area contributed by atoms with E-state index in [9.17, 15) is 14.4 Å². The van der Waals surface area contributed by atoms with Crippen LogP contribution in [-0.4, -0.2) is 49.7 Å². The molecular weight excluding hydrogens is 418 g/mol. The van der Waals surface area contributed by atoms with Gasteiger partial charge in [0.05, 0.1) is 18.3 Å². The van der Waals surface area contributed by atoms with Crippen molar-refractivity contribution in [3.8, 4) is 0 Å². The molecule has 0 radical (unpaired) electrons. The van der Waals surface area contributed by atoms with Gasteiger partial charge >= 0.3 is 0 Å². The number of pyridine rings is 1. The van der Waals surface area contributed by atoms with Crippen LogP contribution in [0.4, 0.5) is 0 Å². The van der Waals surface area contributed by atoms with Crippen LogP contribution in [0.3, 0.4) is 0 Å². The summed E-state index contributed by atoms with van der Waals surface area (Å²) in [6.45, 7) is 1.49. The van der Waals surface area contributed by atoms with Gasteiger partial charge < -0.3 is 14.8 Å². The van der Waals surface area contributed by atoms with Crippen molar-refractivity contribution in [2.45, 2.75) is 70.4 Å². The normalized spacial score (nSPS) is 21.2. The smallest absolute Gasteiger partial charge is 0.254 e. The van der Waals surface area contributed by atoms with Crippen molar-refractivity contribution >= 4 is 11.8 Å². The Bertz CT molecular complexity index is 1080. The van der Waals surface area contributed by atoms with E-state index < -0.39 is 0 Å². The minimum Gasteiger partial charge on any atom is -0.333 e. The van der Waals surface area contributed by atoms with E-state index >= 15 is 0 Å². The average Bonchev–Trinajstić information content (AvgIpc) is 3.36. The zero-order valence-electron chi connectivity index (χ0n) is 19.0. The lowest BCUT2D eigenvalue weighted by atomic mass is 9.97. The SMILES string of the molecule is O=C(c1ccncc1)N1CCc2c(nc([C@@H]3CCCCN3C(=O)CC3CCCC3)[nH]c2=O)C1. The molecule has 4 heterocycles. The number of nitrogens with one attached hydrogen (secondary N) is 1. The van der Waals surface area contributed by atoms with Gasteiger partial charge in [-0.1, -0.05) is 12.8 Å². The third-order valence-electron chi connectivity index (χ3n) is 7.38. The van der Waals surface area contributed by atoms with Gasteiger partial charge in [0.2, 0.25) is 5.91 Å². The molecule has 2 aliphatic heterocycles. The highest BCUT2D eigenvalue weighted by atomic mass is 16.2. The van der Waals surface area contributed by atoms with E-state index in [0.29, 0.717) is 61.0 Å². The molecule has 2 aromatic rings. The van der Waals surface area contributed by atoms with Crippen molar-refractivity contribution in [3.63, 3.8) is 0 Å². The number of hydrogen-bond donors (Lipinski definition) is 1. The topological polar surface area (TPSA) is 99.3 Å². The second-order valence-corrected chi connectivity index (χ2v) is 9.54. The zero-order chi connectivity index (χ0) is 22.8. The summed E-state index contributed by atoms with van der Waals surface area (Å²) in [6, 6.07) is 3.20. The average molecular weight is 450 g/mol. The van der Waals surface area contributed by atoms with E-state index in [1.54, 1.807) is 29.4 Å². The van der Waals surface area contributed by atoms with Crippen LogP contribution in [0.15, 0.2) is 29.3 Å². The van der Waals surface area contributed by atoms with Crippen molar-refractivity contribution < 1.29 is 9.59 Å². The third kappa shape index (κ3) is 4.56. The van der Waals surface area contributed by atoms with E-state index in [0.717, 1.165) is 32.1 Å². The molecule has 2 aromatic heterocycles. The quantitative estimate of drug-likeness (QED) is 0.774. The fourth-order valence-corrected chi connectivity index (χ4v) is 5.56. The fourth-order valence-electron chi connectivity index (χ4n) is 5.56. The molecule has 1 saturated carbocycles. The summed E-state index contributed by atoms with van der Waals surface area (Å²) in [5.74, 6) is 1.15. The van der Waals surface area contributed by atoms with E-state index in [2.05, 4.69) is 9.97 Å². The number of aromatic nitrogens is 3. The summed E-state index contributed by atoms with van der Waals surface area (Å²) in [5.41, 5.74) is 1.74. The number of carbonyl (C=O) groups is 2. The first-order valence-corrected chi connectivity index (χ1v) is 12.2. The number of aromatic amines is 1. The van der Waals surface area contributed by atoms with E-state index in [1.165, 1.54) is 12.8 Å². The second-order valence-electron chi connectivity index (χ2n) is 9.54. The second kappa shape index (κ2) is 9.45. The number of nitrogens with zero attached hydrogens (tertiary/aromatic N) is 4. The molecule has 2 fully saturated rings. The van der Waals surface area contributed by atoms with Crippen LogP contribution in [0, 0.1) is 5.92 Å². The van der Waals surface area contributed by atoms with Crippen molar-refractivity contribution in [1.82, 2.24) is 24.8 Å². The summed E-state index contributed by atoms with van der Waals surface area (Å²) in [7, 11) is 0. The van der Waals surface area contributed by atoms with Crippen molar-refractivity contribution in [3.05, 3.63) is 57.5 Å². The Labute approximate surface area is 193 Å². The monoisotopic (exact) mass is 449 g/mol. The Hall–Kier alpha value is -3.03. The molecule has 0 unspecified atom stereocenters. The van der Waals surface area contributed by atoms with Gasteiger partial charge in [0.1, 0.15) is 5.82 Å². The summed E-state index contributed by atoms with van der Waals surface area (Å²) in [6.07, 6.45) is 11.8. The first kappa shape index (κ1) is 21.8. The van der Waals surface area contributed by atoms with Crippen LogP contribution in [0.5, 0.6) is 0 Å². The maximum absolute atomic E-state index is 13.2. The summed E-state index contributed by atoms with van der Waals surface area (Å²) in [4.78, 5) is 54.5. The minimum atomic E-state index is -0.197. The lowest BCUT2D eigenvalue weighted by molar-refractivity contribution is -0.136. The summed E-state index contributed by atoms with van der Waals surface area (Å²) >= 11 is 0. The summed E-state index contributed by atoms with van der Waals surface area (Å²) in [5, 5.41) is 0. The largest absolute Gasteiger partial charge is 0.333 e. The molecule has 0 aromatic carbocycles. The molecule has 1 N–H and O–H groups in total. The maximum atomic E-state index is 13.2. The molecule has 8 heteroatoms. The van der Waals surface area contributed by atoms with Gasteiger partial charge in [-0.15, -0.1) is 0 Å². The van der Waals surface area contributed by atoms with Crippen LogP contribution in [0.1, 0.15) is 84.8 Å². The molecule has 0 bridgehead atoms. The summed E-state index contributed by atoms with van der Waals surface area (Å²) < 4.78 is 0. The first-order chi connectivity index (χ1) is 16.1. The van der Waals surface area contributed by atoms with Gasteiger partial charge in [-0.05, 0) is 56.6 Å². The number of carbonyl (C=O) groups excluding carboxylic acids is 2. The van der Waals surface area contributed by atoms with Gasteiger partial charge in [0.15, 0.2) is 0 Å². The third-order valence-corrected chi connectivity index (χ3v) is 7.38. The molecule has 1 saturated heterocycles. The number of hydrogen-bond acceptors (Lipinski definition) is 5. The Balaban J connectivity index is 1.38. The highest BCUT2D eigenvalue weighted by Crippen LogP contribution is 2.33. The van der Waals surface area contributed by atoms with Crippen molar-refractivity contribution in [2.75, 3.05) is 13.1 Å². The van der Waals surface area contributed by atoms with E-state index in [-0.39, 0.29) is 23.4 Å². The van der Waals surface area contributed by atoms with Crippen molar-refractivity contribution in [2.24, 2.45) is 5.92 Å². The van der Waals surface area contributed by atoms with Gasteiger partial charge in [-0.25, -0.2) is 4.98 Å². The molecule has 3 aliphatic rings. The van der Waals surface area contributed by atoms with Crippen molar-refractivity contribution in [1.29, 1.82) is 0 Å². The molecular formula is C25H31N5O3. The number of amides is 2. The van der Waals surface area contributed by atoms with Crippen LogP contribution in [0.25, 0.3) is 0 Å². The predicted molar refractivity (Wildman–Crippen MR) is 122 cm³/mol. The molecule has 8 nitrogen and oxygen atoms in total. The van der Waals surface area contributed by atoms with Gasteiger partial charge in [-0.2, -0.15) is 0 Å². The zero-order valence-corrected chi connectivity index (χ0v) is 19.0. The Morgan fingerprint density at radius 1 is 1.03 bits per heavy atom. The maximum Gasteiger partial charge on any atom is 0.254 e. The van der Waals surface area contributed by atoms with E-state index in [1.807, 2.05) is 4.90 Å². The first-order valence-electron chi connectivity index (χ1n) is 12.2. The molecule has 33 heavy (non-hydrogen) atoms. The Morgan fingerprint density at radius 3 is 2.58 bits per heavy atom. The van der Waals surface area contributed by atoms with Crippen LogP contribution in [0.2, 0.25) is 0 Å². The Morgan fingerprint density at radius 2 is 1.79 bits per heavy atom. The van der Waals surface area contributed by atoms with Crippen LogP contribution in [-0.2, 0) is 17.8 Å². The predicted octanol–water partition coefficient (Wildman–Crippen LogP) is 3.00. The molecule has 5 rings (SSSR count). The molecule has 0 spiro atoms. The lowest BCUT2D eigenvalue weighted by Gasteiger charge is -2.36. The van der Waals surface area contributed by atoms with Gasteiger partial charge in [-0.3, -0.25) is 19.4 Å². The lowest BCUT2D eigenvalue weighted by Crippen LogP contribution is -2.42. The van der Waals surface area contributed by atoms with E-state index in [4.69, 9.17) is 4.98 Å². The highest BCUT2D eigenvalue weighted by molar-refractivity contribution is 5.94. The standard InChI is InChI=1S/C25H31N5O3/c31-22(15-17-5-1-2-6-17)30-13-4-3-7-21(30)23-27-20-16-29(14-10-19(20)24(32)28-23)25(33)18-8-11-26-12-9-18/h8-9,11-12,17,21H,1-7,10,13-16H2,(H,27,28,32)/t21-/m0/s1. The number of H-pyrrole nitrogens is 1. The molecule has 174 valence electrons. The highest BCUT2D eigenvalue weighted by Gasteiger charge is 2.33. The van der Waals surface area contributed by atoms with Crippen LogP contribution < -0.4 is 5.56 Å². The Kier molecular flexibility index (Phi) is 6.24. The van der Waals surface area contributed by atoms with Gasteiger partial charge in [0.25, 0.3) is 11.5 Å². The fraction of sp³-hybridized carbons (Fsp3) is 0.560. The molecule has 1 atom stereocenters.